The SMILES string of the molecule is Cc1ccc(NC(=O)CSc2nnc3sc4ccccc4n23)cc1[N+](=O)[O-]. The summed E-state index contributed by atoms with van der Waals surface area (Å²) in [6.45, 7) is 1.65. The summed E-state index contributed by atoms with van der Waals surface area (Å²) in [4.78, 5) is 23.6. The number of carbonyl (C=O) groups excluding carboxylic acids is 1. The maximum atomic E-state index is 12.3. The van der Waals surface area contributed by atoms with Gasteiger partial charge in [-0.2, -0.15) is 0 Å². The first-order chi connectivity index (χ1) is 13.0. The molecule has 2 heterocycles. The summed E-state index contributed by atoms with van der Waals surface area (Å²) in [6, 6.07) is 12.5. The van der Waals surface area contributed by atoms with Crippen LogP contribution in [0, 0.1) is 17.0 Å². The van der Waals surface area contributed by atoms with Gasteiger partial charge in [-0.3, -0.25) is 19.3 Å². The van der Waals surface area contributed by atoms with Gasteiger partial charge in [0.05, 0.1) is 20.9 Å². The number of carbonyl (C=O) groups is 1. The first-order valence-corrected chi connectivity index (χ1v) is 9.73. The molecule has 0 fully saturated rings. The zero-order valence-corrected chi connectivity index (χ0v) is 15.7. The predicted molar refractivity (Wildman–Crippen MR) is 106 cm³/mol. The molecule has 4 aromatic rings. The van der Waals surface area contributed by atoms with E-state index in [1.54, 1.807) is 19.1 Å². The van der Waals surface area contributed by atoms with Crippen molar-refractivity contribution in [2.75, 3.05) is 11.1 Å². The van der Waals surface area contributed by atoms with Crippen molar-refractivity contribution in [1.29, 1.82) is 0 Å². The first kappa shape index (κ1) is 17.4. The van der Waals surface area contributed by atoms with E-state index in [4.69, 9.17) is 0 Å². The largest absolute Gasteiger partial charge is 0.325 e. The lowest BCUT2D eigenvalue weighted by atomic mass is 10.2. The minimum Gasteiger partial charge on any atom is -0.325 e. The second-order valence-electron chi connectivity index (χ2n) is 5.77. The van der Waals surface area contributed by atoms with Gasteiger partial charge in [-0.1, -0.05) is 41.3 Å². The summed E-state index contributed by atoms with van der Waals surface area (Å²) in [6.07, 6.45) is 0. The molecule has 0 radical (unpaired) electrons. The van der Waals surface area contributed by atoms with Crippen LogP contribution in [0.3, 0.4) is 0 Å². The third kappa shape index (κ3) is 3.36. The first-order valence-electron chi connectivity index (χ1n) is 7.93. The highest BCUT2D eigenvalue weighted by Gasteiger charge is 2.15. The molecule has 2 aromatic heterocycles. The van der Waals surface area contributed by atoms with E-state index in [0.717, 1.165) is 15.2 Å². The van der Waals surface area contributed by atoms with Crippen LogP contribution in [0.2, 0.25) is 0 Å². The van der Waals surface area contributed by atoms with Crippen LogP contribution < -0.4 is 5.32 Å². The average molecular weight is 399 g/mol. The number of para-hydroxylation sites is 1. The van der Waals surface area contributed by atoms with Crippen LogP contribution in [0.5, 0.6) is 0 Å². The molecule has 0 spiro atoms. The summed E-state index contributed by atoms with van der Waals surface area (Å²) in [5, 5.41) is 22.7. The van der Waals surface area contributed by atoms with Gasteiger partial charge in [0.15, 0.2) is 5.16 Å². The molecule has 0 aliphatic carbocycles. The normalized spacial score (nSPS) is 11.1. The van der Waals surface area contributed by atoms with E-state index in [-0.39, 0.29) is 17.3 Å². The number of amides is 1. The van der Waals surface area contributed by atoms with Gasteiger partial charge in [-0.15, -0.1) is 10.2 Å². The number of anilines is 1. The van der Waals surface area contributed by atoms with Gasteiger partial charge in [-0.05, 0) is 25.1 Å². The molecule has 10 heteroatoms. The molecule has 8 nitrogen and oxygen atoms in total. The second-order valence-corrected chi connectivity index (χ2v) is 7.72. The Kier molecular flexibility index (Phi) is 4.50. The Labute approximate surface area is 161 Å². The second kappa shape index (κ2) is 6.97. The van der Waals surface area contributed by atoms with E-state index in [2.05, 4.69) is 15.5 Å². The highest BCUT2D eigenvalue weighted by Crippen LogP contribution is 2.29. The lowest BCUT2D eigenvalue weighted by molar-refractivity contribution is -0.385. The Morgan fingerprint density at radius 2 is 2.11 bits per heavy atom. The third-order valence-corrected chi connectivity index (χ3v) is 5.87. The van der Waals surface area contributed by atoms with Crippen LogP contribution in [0.4, 0.5) is 11.4 Å². The molecule has 1 N–H and O–H groups in total. The zero-order valence-electron chi connectivity index (χ0n) is 14.1. The molecule has 0 aliphatic rings. The lowest BCUT2D eigenvalue weighted by Crippen LogP contribution is -2.14. The number of hydrogen-bond donors (Lipinski definition) is 1. The quantitative estimate of drug-likeness (QED) is 0.310. The number of rotatable bonds is 5. The molecule has 136 valence electrons. The zero-order chi connectivity index (χ0) is 19.0. The minimum absolute atomic E-state index is 0.0237. The summed E-state index contributed by atoms with van der Waals surface area (Å²) in [5.41, 5.74) is 1.91. The van der Waals surface area contributed by atoms with Gasteiger partial charge in [0, 0.05) is 17.3 Å². The lowest BCUT2D eigenvalue weighted by Gasteiger charge is -2.05. The molecule has 0 saturated heterocycles. The van der Waals surface area contributed by atoms with E-state index in [9.17, 15) is 14.9 Å². The summed E-state index contributed by atoms with van der Waals surface area (Å²) in [7, 11) is 0. The van der Waals surface area contributed by atoms with Crippen LogP contribution >= 0.6 is 23.1 Å². The summed E-state index contributed by atoms with van der Waals surface area (Å²) in [5.74, 6) is -0.151. The van der Waals surface area contributed by atoms with Crippen LogP contribution in [0.25, 0.3) is 15.2 Å². The number of nitrogens with zero attached hydrogens (tertiary/aromatic N) is 4. The number of nitrogens with one attached hydrogen (secondary N) is 1. The Bertz CT molecular complexity index is 1180. The highest BCUT2D eigenvalue weighted by molar-refractivity contribution is 7.99. The third-order valence-electron chi connectivity index (χ3n) is 3.93. The number of hydrogen-bond acceptors (Lipinski definition) is 7. The molecular weight excluding hydrogens is 386 g/mol. The van der Waals surface area contributed by atoms with E-state index < -0.39 is 4.92 Å². The Balaban J connectivity index is 1.49. The standard InChI is InChI=1S/C17H13N5O3S2/c1-10-6-7-11(8-13(10)22(24)25)18-15(23)9-26-16-19-20-17-21(16)12-4-2-3-5-14(12)27-17/h2-8H,9H2,1H3,(H,18,23). The minimum atomic E-state index is -0.464. The van der Waals surface area contributed by atoms with Gasteiger partial charge in [0.1, 0.15) is 0 Å². The molecule has 4 rings (SSSR count). The summed E-state index contributed by atoms with van der Waals surface area (Å²) >= 11 is 2.80. The van der Waals surface area contributed by atoms with E-state index >= 15 is 0 Å². The number of thiazole rings is 1. The molecule has 0 bridgehead atoms. The monoisotopic (exact) mass is 399 g/mol. The van der Waals surface area contributed by atoms with Crippen molar-refractivity contribution in [3.8, 4) is 0 Å². The number of fused-ring (bicyclic) bond motifs is 3. The Morgan fingerprint density at radius 3 is 2.93 bits per heavy atom. The highest BCUT2D eigenvalue weighted by atomic mass is 32.2. The number of nitro groups is 1. The van der Waals surface area contributed by atoms with E-state index in [0.29, 0.717) is 16.4 Å². The molecule has 0 aliphatic heterocycles. The van der Waals surface area contributed by atoms with Crippen LogP contribution in [0.15, 0.2) is 47.6 Å². The molecule has 27 heavy (non-hydrogen) atoms. The summed E-state index contributed by atoms with van der Waals surface area (Å²) < 4.78 is 3.02. The van der Waals surface area contributed by atoms with Gasteiger partial charge in [0.25, 0.3) is 5.69 Å². The Hall–Kier alpha value is -2.98. The van der Waals surface area contributed by atoms with Crippen molar-refractivity contribution in [3.63, 3.8) is 0 Å². The van der Waals surface area contributed by atoms with Crippen LogP contribution in [-0.2, 0) is 4.79 Å². The van der Waals surface area contributed by atoms with E-state index in [1.807, 2.05) is 28.7 Å². The smallest absolute Gasteiger partial charge is 0.274 e. The maximum absolute atomic E-state index is 12.3. The molecule has 0 saturated carbocycles. The fourth-order valence-electron chi connectivity index (χ4n) is 2.66. The molecule has 0 atom stereocenters. The van der Waals surface area contributed by atoms with Crippen LogP contribution in [0.1, 0.15) is 5.56 Å². The molecule has 0 unspecified atom stereocenters. The topological polar surface area (TPSA) is 102 Å². The number of aryl methyl sites for hydroxylation is 1. The molecule has 2 aromatic carbocycles. The fraction of sp³-hybridized carbons (Fsp3) is 0.118. The average Bonchev–Trinajstić information content (AvgIpc) is 3.20. The van der Waals surface area contributed by atoms with Crippen molar-refractivity contribution in [2.24, 2.45) is 0 Å². The fourth-order valence-corrected chi connectivity index (χ4v) is 4.43. The van der Waals surface area contributed by atoms with Crippen molar-refractivity contribution >= 4 is 55.6 Å². The van der Waals surface area contributed by atoms with Crippen molar-refractivity contribution in [2.45, 2.75) is 12.1 Å². The molecular formula is C17H13N5O3S2. The molecule has 1 amide bonds. The van der Waals surface area contributed by atoms with Gasteiger partial charge in [-0.25, -0.2) is 0 Å². The van der Waals surface area contributed by atoms with Gasteiger partial charge < -0.3 is 5.32 Å². The number of nitro benzene ring substituents is 1. The number of benzene rings is 2. The predicted octanol–water partition coefficient (Wildman–Crippen LogP) is 3.89. The van der Waals surface area contributed by atoms with Gasteiger partial charge in [0.2, 0.25) is 10.9 Å². The van der Waals surface area contributed by atoms with Crippen molar-refractivity contribution in [1.82, 2.24) is 14.6 Å². The van der Waals surface area contributed by atoms with Crippen LogP contribution in [-0.4, -0.2) is 31.2 Å². The maximum Gasteiger partial charge on any atom is 0.274 e. The van der Waals surface area contributed by atoms with E-state index in [1.165, 1.54) is 29.2 Å². The number of aromatic nitrogens is 3. The van der Waals surface area contributed by atoms with Crippen molar-refractivity contribution < 1.29 is 9.72 Å². The van der Waals surface area contributed by atoms with Gasteiger partial charge >= 0.3 is 0 Å². The number of thioether (sulfide) groups is 1. The van der Waals surface area contributed by atoms with Crippen molar-refractivity contribution in [3.05, 3.63) is 58.1 Å². The Morgan fingerprint density at radius 1 is 1.30 bits per heavy atom.